The van der Waals surface area contributed by atoms with Crippen molar-refractivity contribution in [3.8, 4) is 11.1 Å². The van der Waals surface area contributed by atoms with Gasteiger partial charge >= 0.3 is 12.1 Å². The molecule has 0 spiro atoms. The number of ether oxygens (including phenoxy) is 2. The number of amides is 2. The van der Waals surface area contributed by atoms with Crippen LogP contribution in [0.25, 0.3) is 11.1 Å². The highest BCUT2D eigenvalue weighted by molar-refractivity contribution is 5.90. The molecule has 2 aliphatic heterocycles. The molecule has 0 saturated carbocycles. The van der Waals surface area contributed by atoms with Crippen molar-refractivity contribution in [2.45, 2.75) is 63.6 Å². The summed E-state index contributed by atoms with van der Waals surface area (Å²) < 4.78 is 52.1. The first-order valence-corrected chi connectivity index (χ1v) is 16.1. The summed E-state index contributed by atoms with van der Waals surface area (Å²) in [5.74, 6) is -2.52. The Labute approximate surface area is 279 Å². The molecule has 2 N–H and O–H groups in total. The predicted octanol–water partition coefficient (Wildman–Crippen LogP) is 5.92. The van der Waals surface area contributed by atoms with E-state index in [2.05, 4.69) is 23.7 Å². The van der Waals surface area contributed by atoms with Crippen LogP contribution in [0, 0.1) is 5.92 Å². The quantitative estimate of drug-likeness (QED) is 0.247. The van der Waals surface area contributed by atoms with Gasteiger partial charge in [-0.3, -0.25) is 9.59 Å². The fourth-order valence-electron chi connectivity index (χ4n) is 6.38. The second-order valence-corrected chi connectivity index (χ2v) is 12.5. The molecule has 0 unspecified atom stereocenters. The van der Waals surface area contributed by atoms with Crippen LogP contribution in [-0.4, -0.2) is 71.7 Å². The smallest absolute Gasteiger partial charge is 0.392 e. The Balaban J connectivity index is 1.28. The summed E-state index contributed by atoms with van der Waals surface area (Å²) in [6.45, 7) is 7.38. The van der Waals surface area contributed by atoms with Gasteiger partial charge in [-0.1, -0.05) is 79.7 Å². The molecule has 11 heteroatoms. The number of benzene rings is 3. The van der Waals surface area contributed by atoms with Gasteiger partial charge in [0, 0.05) is 37.7 Å². The Morgan fingerprint density at radius 3 is 2.40 bits per heavy atom. The first-order valence-electron chi connectivity index (χ1n) is 16.1. The second-order valence-electron chi connectivity index (χ2n) is 12.5. The summed E-state index contributed by atoms with van der Waals surface area (Å²) in [6, 6.07) is 22.1. The molecular formula is C37H42F3N3O5. The standard InChI is InChI=1S/C37H42F3N3O5/c1-4-18-42(3)22-32-24(2)33(28-12-10-25(23-44)11-13-28)48-35(47-32)29-16-14-27(15-17-29)30-8-5-7-26(20-30)21-41-34(45)31-9-6-19-43(31)36(46)37(38,39)40/h4-5,7-8,10-17,20,24,31-33,35,44H,1,6,9,18-19,21-23H2,2-3H3,(H,41,45)/t24-,31+,32+,33+,35+/m1/s1. The van der Waals surface area contributed by atoms with Crippen LogP contribution in [-0.2, 0) is 32.2 Å². The van der Waals surface area contributed by atoms with Crippen LogP contribution >= 0.6 is 0 Å². The fourth-order valence-corrected chi connectivity index (χ4v) is 6.38. The number of aliphatic hydroxyl groups excluding tert-OH is 1. The fraction of sp³-hybridized carbons (Fsp3) is 0.405. The Bertz CT molecular complexity index is 1560. The number of alkyl halides is 3. The highest BCUT2D eigenvalue weighted by atomic mass is 19.4. The molecule has 0 aliphatic carbocycles. The van der Waals surface area contributed by atoms with E-state index >= 15 is 0 Å². The molecule has 256 valence electrons. The molecule has 0 bridgehead atoms. The molecule has 3 aromatic carbocycles. The van der Waals surface area contributed by atoms with Gasteiger partial charge in [-0.2, -0.15) is 13.2 Å². The lowest BCUT2D eigenvalue weighted by molar-refractivity contribution is -0.275. The summed E-state index contributed by atoms with van der Waals surface area (Å²) in [7, 11) is 2.03. The lowest BCUT2D eigenvalue weighted by Crippen LogP contribution is -2.50. The number of likely N-dealkylation sites (tertiary alicyclic amines) is 1. The van der Waals surface area contributed by atoms with Crippen LogP contribution in [0.5, 0.6) is 0 Å². The van der Waals surface area contributed by atoms with Gasteiger partial charge in [-0.05, 0) is 53.8 Å². The largest absolute Gasteiger partial charge is 0.471 e. The van der Waals surface area contributed by atoms with Crippen LogP contribution in [0.1, 0.15) is 54.4 Å². The molecule has 5 rings (SSSR count). The average molecular weight is 666 g/mol. The number of aliphatic hydroxyl groups is 1. The molecule has 3 aromatic rings. The van der Waals surface area contributed by atoms with Crippen molar-refractivity contribution in [2.75, 3.05) is 26.7 Å². The number of hydrogen-bond donors (Lipinski definition) is 2. The van der Waals surface area contributed by atoms with Crippen LogP contribution < -0.4 is 5.32 Å². The highest BCUT2D eigenvalue weighted by Crippen LogP contribution is 2.42. The Hall–Kier alpha value is -4.03. The van der Waals surface area contributed by atoms with Gasteiger partial charge < -0.3 is 29.7 Å². The molecule has 2 fully saturated rings. The maximum Gasteiger partial charge on any atom is 0.471 e. The third-order valence-corrected chi connectivity index (χ3v) is 9.02. The van der Waals surface area contributed by atoms with Gasteiger partial charge in [-0.15, -0.1) is 6.58 Å². The summed E-state index contributed by atoms with van der Waals surface area (Å²) in [5, 5.41) is 12.2. The molecule has 2 aliphatic rings. The van der Waals surface area contributed by atoms with Gasteiger partial charge in [0.25, 0.3) is 0 Å². The van der Waals surface area contributed by atoms with Crippen LogP contribution in [0.4, 0.5) is 13.2 Å². The lowest BCUT2D eigenvalue weighted by Gasteiger charge is -2.42. The number of hydrogen-bond acceptors (Lipinski definition) is 6. The molecule has 0 radical (unpaired) electrons. The van der Waals surface area contributed by atoms with Gasteiger partial charge in [0.15, 0.2) is 6.29 Å². The first-order chi connectivity index (χ1) is 23.0. The summed E-state index contributed by atoms with van der Waals surface area (Å²) in [6.07, 6.45) is -3.58. The number of rotatable bonds is 11. The van der Waals surface area contributed by atoms with Crippen LogP contribution in [0.15, 0.2) is 85.5 Å². The van der Waals surface area contributed by atoms with Gasteiger partial charge in [0.05, 0.1) is 18.8 Å². The minimum Gasteiger partial charge on any atom is -0.392 e. The van der Waals surface area contributed by atoms with Crippen molar-refractivity contribution in [3.05, 3.63) is 108 Å². The monoisotopic (exact) mass is 665 g/mol. The number of carbonyl (C=O) groups excluding carboxylic acids is 2. The van der Waals surface area contributed by atoms with E-state index in [-0.39, 0.29) is 44.2 Å². The Kier molecular flexibility index (Phi) is 11.4. The molecule has 2 amide bonds. The summed E-state index contributed by atoms with van der Waals surface area (Å²) in [5.41, 5.74) is 5.29. The Morgan fingerprint density at radius 1 is 1.02 bits per heavy atom. The third-order valence-electron chi connectivity index (χ3n) is 9.02. The second kappa shape index (κ2) is 15.5. The maximum atomic E-state index is 13.0. The topological polar surface area (TPSA) is 91.3 Å². The molecule has 2 heterocycles. The van der Waals surface area contributed by atoms with Gasteiger partial charge in [0.2, 0.25) is 5.91 Å². The van der Waals surface area contributed by atoms with Crippen molar-refractivity contribution in [3.63, 3.8) is 0 Å². The highest BCUT2D eigenvalue weighted by Gasteiger charge is 2.47. The number of nitrogens with one attached hydrogen (secondary N) is 1. The minimum atomic E-state index is -5.01. The zero-order valence-corrected chi connectivity index (χ0v) is 27.2. The maximum absolute atomic E-state index is 13.0. The van der Waals surface area contributed by atoms with Gasteiger partial charge in [-0.25, -0.2) is 0 Å². The van der Waals surface area contributed by atoms with Crippen molar-refractivity contribution in [1.82, 2.24) is 15.1 Å². The molecule has 2 saturated heterocycles. The van der Waals surface area contributed by atoms with E-state index in [1.165, 1.54) is 0 Å². The number of likely N-dealkylation sites (N-methyl/N-ethyl adjacent to an activating group) is 1. The summed E-state index contributed by atoms with van der Waals surface area (Å²) >= 11 is 0. The predicted molar refractivity (Wildman–Crippen MR) is 175 cm³/mol. The average Bonchev–Trinajstić information content (AvgIpc) is 3.58. The normalized spacial score (nSPS) is 22.9. The lowest BCUT2D eigenvalue weighted by atomic mass is 9.90. The molecule has 5 atom stereocenters. The SMILES string of the molecule is C=CCN(C)C[C@@H]1O[C@H](c2ccc(-c3cccc(CNC(=O)[C@@H]4CCCN4C(=O)C(F)(F)F)c3)cc2)O[C@H](c2ccc(CO)cc2)[C@@H]1C. The van der Waals surface area contributed by atoms with Crippen LogP contribution in [0.3, 0.4) is 0 Å². The third kappa shape index (κ3) is 8.33. The number of halogens is 3. The van der Waals surface area contributed by atoms with E-state index in [1.807, 2.05) is 85.9 Å². The molecule has 48 heavy (non-hydrogen) atoms. The number of carbonyl (C=O) groups is 2. The van der Waals surface area contributed by atoms with E-state index in [9.17, 15) is 27.9 Å². The minimum absolute atomic E-state index is 0.0291. The van der Waals surface area contributed by atoms with E-state index in [1.54, 1.807) is 0 Å². The zero-order chi connectivity index (χ0) is 34.4. The first kappa shape index (κ1) is 35.3. The van der Waals surface area contributed by atoms with Crippen molar-refractivity contribution < 1.29 is 37.3 Å². The molecule has 8 nitrogen and oxygen atoms in total. The summed E-state index contributed by atoms with van der Waals surface area (Å²) in [4.78, 5) is 27.3. The van der Waals surface area contributed by atoms with E-state index in [0.29, 0.717) is 17.9 Å². The van der Waals surface area contributed by atoms with Crippen LogP contribution in [0.2, 0.25) is 0 Å². The number of nitrogens with zero attached hydrogens (tertiary/aromatic N) is 2. The van der Waals surface area contributed by atoms with E-state index in [0.717, 1.165) is 39.9 Å². The Morgan fingerprint density at radius 2 is 1.73 bits per heavy atom. The molecular weight excluding hydrogens is 623 g/mol. The van der Waals surface area contributed by atoms with Crippen molar-refractivity contribution in [2.24, 2.45) is 5.92 Å². The zero-order valence-electron chi connectivity index (χ0n) is 27.2. The van der Waals surface area contributed by atoms with Crippen molar-refractivity contribution in [1.29, 1.82) is 0 Å². The van der Waals surface area contributed by atoms with E-state index < -0.39 is 30.3 Å². The molecule has 0 aromatic heterocycles. The van der Waals surface area contributed by atoms with Crippen molar-refractivity contribution >= 4 is 11.8 Å². The van der Waals surface area contributed by atoms with Gasteiger partial charge in [0.1, 0.15) is 6.04 Å². The van der Waals surface area contributed by atoms with E-state index in [4.69, 9.17) is 9.47 Å².